The fourth-order valence-corrected chi connectivity index (χ4v) is 1.60. The van der Waals surface area contributed by atoms with E-state index >= 15 is 0 Å². The smallest absolute Gasteiger partial charge is 0.194 e. The Hall–Kier alpha value is -1.15. The molecule has 0 N–H and O–H groups in total. The van der Waals surface area contributed by atoms with Crippen molar-refractivity contribution in [3.8, 4) is 0 Å². The summed E-state index contributed by atoms with van der Waals surface area (Å²) >= 11 is 5.76. The fraction of sp³-hybridized carbons (Fsp3) is 0. The second-order valence-electron chi connectivity index (χ2n) is 2.93. The summed E-state index contributed by atoms with van der Waals surface area (Å²) in [6.07, 6.45) is -1.67. The molecule has 0 aliphatic heterocycles. The van der Waals surface area contributed by atoms with Crippen molar-refractivity contribution in [1.82, 2.24) is 0 Å². The Balaban J connectivity index is 2.75. The van der Waals surface area contributed by atoms with E-state index in [0.717, 1.165) is 5.39 Å². The quantitative estimate of drug-likeness (QED) is 0.661. The Bertz CT molecular complexity index is 466. The minimum Gasteiger partial charge on any atom is -0.194 e. The molecule has 0 unspecified atom stereocenters. The molecule has 0 heterocycles. The first-order chi connectivity index (χ1) is 6.68. The van der Waals surface area contributed by atoms with Crippen LogP contribution in [0.2, 0.25) is 5.02 Å². The molecule has 14 heavy (non-hydrogen) atoms. The van der Waals surface area contributed by atoms with Crippen molar-refractivity contribution in [1.29, 1.82) is 0 Å². The van der Waals surface area contributed by atoms with E-state index in [-0.39, 0.29) is 5.56 Å². The van der Waals surface area contributed by atoms with Gasteiger partial charge in [0.15, 0.2) is 0 Å². The van der Waals surface area contributed by atoms with Crippen molar-refractivity contribution in [2.45, 2.75) is 0 Å². The first-order valence-electron chi connectivity index (χ1n) is 4.05. The number of rotatable bonds is 1. The fourth-order valence-electron chi connectivity index (χ4n) is 1.42. The van der Waals surface area contributed by atoms with Crippen LogP contribution in [0.15, 0.2) is 36.4 Å². The summed E-state index contributed by atoms with van der Waals surface area (Å²) in [6.45, 7) is 0. The summed E-state index contributed by atoms with van der Waals surface area (Å²) in [7, 11) is 0. The van der Waals surface area contributed by atoms with Gasteiger partial charge in [-0.2, -0.15) is 8.78 Å². The zero-order chi connectivity index (χ0) is 10.1. The van der Waals surface area contributed by atoms with Crippen LogP contribution in [0.5, 0.6) is 0 Å². The summed E-state index contributed by atoms with van der Waals surface area (Å²) in [5.74, 6) is 0. The minimum absolute atomic E-state index is 0.0285. The number of halogens is 3. The molecule has 0 fully saturated rings. The van der Waals surface area contributed by atoms with E-state index in [1.807, 2.05) is 0 Å². The first kappa shape index (κ1) is 9.41. The molecule has 2 aromatic carbocycles. The maximum atomic E-state index is 12.5. The highest BCUT2D eigenvalue weighted by Crippen LogP contribution is 2.28. The lowest BCUT2D eigenvalue weighted by Gasteiger charge is -2.04. The normalized spacial score (nSPS) is 11.1. The molecule has 0 aliphatic rings. The van der Waals surface area contributed by atoms with Crippen LogP contribution in [-0.2, 0) is 0 Å². The van der Waals surface area contributed by atoms with Crippen LogP contribution in [0.3, 0.4) is 0 Å². The van der Waals surface area contributed by atoms with E-state index in [1.165, 1.54) is 6.07 Å². The van der Waals surface area contributed by atoms with E-state index in [2.05, 4.69) is 0 Å². The average Bonchev–Trinajstić information content (AvgIpc) is 2.16. The van der Waals surface area contributed by atoms with Crippen LogP contribution in [0.1, 0.15) is 5.56 Å². The van der Waals surface area contributed by atoms with Crippen molar-refractivity contribution in [2.24, 2.45) is 0 Å². The maximum absolute atomic E-state index is 12.5. The van der Waals surface area contributed by atoms with E-state index in [1.54, 1.807) is 30.3 Å². The molecule has 0 spiro atoms. The molecule has 1 radical (unpaired) electrons. The van der Waals surface area contributed by atoms with Gasteiger partial charge in [0.05, 0.1) is 0 Å². The zero-order valence-electron chi connectivity index (χ0n) is 7.10. The third kappa shape index (κ3) is 1.58. The minimum atomic E-state index is -1.67. The lowest BCUT2D eigenvalue weighted by Crippen LogP contribution is -1.86. The number of benzene rings is 2. The molecule has 0 nitrogen and oxygen atoms in total. The molecule has 0 amide bonds. The summed E-state index contributed by atoms with van der Waals surface area (Å²) in [5.41, 5.74) is -0.0285. The third-order valence-corrected chi connectivity index (χ3v) is 2.28. The largest absolute Gasteiger partial charge is 0.340 e. The predicted octanol–water partition coefficient (Wildman–Crippen LogP) is 4.27. The lowest BCUT2D eigenvalue weighted by atomic mass is 10.1. The van der Waals surface area contributed by atoms with Gasteiger partial charge in [0.2, 0.25) is 0 Å². The van der Waals surface area contributed by atoms with E-state index < -0.39 is 6.43 Å². The van der Waals surface area contributed by atoms with Gasteiger partial charge in [-0.1, -0.05) is 35.9 Å². The Morgan fingerprint density at radius 2 is 1.86 bits per heavy atom. The molecular formula is C11H6ClF2. The van der Waals surface area contributed by atoms with E-state index in [0.29, 0.717) is 10.4 Å². The Labute approximate surface area is 85.1 Å². The van der Waals surface area contributed by atoms with Gasteiger partial charge in [0.1, 0.15) is 0 Å². The molecule has 3 heteroatoms. The standard InChI is InChI=1S/C11H6ClF2/c12-8-4-5-9-7(6-8)2-1-3-10(9)11(13)14/h1-6H. The molecule has 0 bridgehead atoms. The monoisotopic (exact) mass is 211 g/mol. The van der Waals surface area contributed by atoms with Gasteiger partial charge in [-0.3, -0.25) is 0 Å². The first-order valence-corrected chi connectivity index (χ1v) is 4.43. The van der Waals surface area contributed by atoms with Gasteiger partial charge in [-0.05, 0) is 22.9 Å². The molecule has 0 saturated heterocycles. The van der Waals surface area contributed by atoms with Crippen LogP contribution < -0.4 is 0 Å². The number of hydrogen-bond donors (Lipinski definition) is 0. The molecule has 0 aromatic heterocycles. The summed E-state index contributed by atoms with van der Waals surface area (Å²) < 4.78 is 25.0. The summed E-state index contributed by atoms with van der Waals surface area (Å²) in [5, 5.41) is 1.80. The SMILES string of the molecule is F[C](F)c1cccc2cc(Cl)ccc12. The number of fused-ring (bicyclic) bond motifs is 1. The third-order valence-electron chi connectivity index (χ3n) is 2.05. The van der Waals surface area contributed by atoms with Gasteiger partial charge in [-0.25, -0.2) is 0 Å². The molecule has 0 aliphatic carbocycles. The predicted molar refractivity (Wildman–Crippen MR) is 53.5 cm³/mol. The molecular weight excluding hydrogens is 206 g/mol. The Morgan fingerprint density at radius 3 is 2.57 bits per heavy atom. The van der Waals surface area contributed by atoms with Crippen molar-refractivity contribution in [3.63, 3.8) is 0 Å². The zero-order valence-corrected chi connectivity index (χ0v) is 7.85. The van der Waals surface area contributed by atoms with Gasteiger partial charge < -0.3 is 0 Å². The molecule has 0 atom stereocenters. The topological polar surface area (TPSA) is 0 Å². The van der Waals surface area contributed by atoms with Crippen LogP contribution in [0, 0.1) is 6.43 Å². The van der Waals surface area contributed by atoms with Gasteiger partial charge >= 0.3 is 6.43 Å². The average molecular weight is 212 g/mol. The van der Waals surface area contributed by atoms with Crippen molar-refractivity contribution < 1.29 is 8.78 Å². The highest BCUT2D eigenvalue weighted by Gasteiger charge is 2.12. The molecule has 0 saturated carbocycles. The van der Waals surface area contributed by atoms with Gasteiger partial charge in [-0.15, -0.1) is 0 Å². The van der Waals surface area contributed by atoms with Crippen LogP contribution >= 0.6 is 11.6 Å². The van der Waals surface area contributed by atoms with Crippen molar-refractivity contribution in [3.05, 3.63) is 53.4 Å². The van der Waals surface area contributed by atoms with Crippen molar-refractivity contribution >= 4 is 22.4 Å². The highest BCUT2D eigenvalue weighted by molar-refractivity contribution is 6.31. The van der Waals surface area contributed by atoms with E-state index in [9.17, 15) is 8.78 Å². The molecule has 2 rings (SSSR count). The highest BCUT2D eigenvalue weighted by atomic mass is 35.5. The van der Waals surface area contributed by atoms with Crippen LogP contribution in [0.4, 0.5) is 8.78 Å². The second-order valence-corrected chi connectivity index (χ2v) is 3.37. The van der Waals surface area contributed by atoms with Crippen molar-refractivity contribution in [2.75, 3.05) is 0 Å². The summed E-state index contributed by atoms with van der Waals surface area (Å²) in [4.78, 5) is 0. The van der Waals surface area contributed by atoms with E-state index in [4.69, 9.17) is 11.6 Å². The lowest BCUT2D eigenvalue weighted by molar-refractivity contribution is 0.326. The number of hydrogen-bond acceptors (Lipinski definition) is 0. The molecule has 2 aromatic rings. The Kier molecular flexibility index (Phi) is 2.38. The van der Waals surface area contributed by atoms with Gasteiger partial charge in [0.25, 0.3) is 0 Å². The van der Waals surface area contributed by atoms with Crippen LogP contribution in [-0.4, -0.2) is 0 Å². The second kappa shape index (κ2) is 3.54. The maximum Gasteiger partial charge on any atom is 0.340 e. The Morgan fingerprint density at radius 1 is 1.07 bits per heavy atom. The van der Waals surface area contributed by atoms with Crippen LogP contribution in [0.25, 0.3) is 10.8 Å². The van der Waals surface area contributed by atoms with Gasteiger partial charge in [0, 0.05) is 10.6 Å². The summed E-state index contributed by atoms with van der Waals surface area (Å²) in [6, 6.07) is 9.62. The molecule has 71 valence electrons.